The number of carbonyl (C=O) groups excluding carboxylic acids is 1. The third-order valence-corrected chi connectivity index (χ3v) is 3.86. The molecule has 1 aromatic heterocycles. The molecule has 0 radical (unpaired) electrons. The lowest BCUT2D eigenvalue weighted by atomic mass is 9.72. The monoisotopic (exact) mass is 246 g/mol. The van der Waals surface area contributed by atoms with Gasteiger partial charge < -0.3 is 5.32 Å². The molecule has 1 aromatic rings. The minimum Gasteiger partial charge on any atom is -0.316 e. The molecule has 1 aliphatic heterocycles. The highest BCUT2D eigenvalue weighted by Gasteiger charge is 2.38. The number of nitrogens with one attached hydrogen (secondary N) is 1. The Morgan fingerprint density at radius 2 is 2.33 bits per heavy atom. The van der Waals surface area contributed by atoms with Crippen molar-refractivity contribution < 1.29 is 4.79 Å². The first-order chi connectivity index (χ1) is 8.68. The molecule has 1 atom stereocenters. The van der Waals surface area contributed by atoms with Crippen molar-refractivity contribution in [1.82, 2.24) is 10.3 Å². The van der Waals surface area contributed by atoms with Gasteiger partial charge in [0.2, 0.25) is 0 Å². The zero-order chi connectivity index (χ0) is 13.0. The number of ketones is 1. The van der Waals surface area contributed by atoms with Crippen molar-refractivity contribution in [2.45, 2.75) is 39.5 Å². The summed E-state index contributed by atoms with van der Waals surface area (Å²) in [7, 11) is 0. The summed E-state index contributed by atoms with van der Waals surface area (Å²) in [6, 6.07) is 3.83. The van der Waals surface area contributed by atoms with E-state index in [4.69, 9.17) is 0 Å². The average Bonchev–Trinajstić information content (AvgIpc) is 2.40. The Morgan fingerprint density at radius 1 is 1.50 bits per heavy atom. The highest BCUT2D eigenvalue weighted by atomic mass is 16.1. The van der Waals surface area contributed by atoms with Gasteiger partial charge in [0.05, 0.1) is 0 Å². The van der Waals surface area contributed by atoms with Gasteiger partial charge in [0, 0.05) is 29.4 Å². The molecule has 0 amide bonds. The van der Waals surface area contributed by atoms with Crippen LogP contribution in [0, 0.1) is 12.3 Å². The van der Waals surface area contributed by atoms with E-state index in [1.54, 1.807) is 6.20 Å². The summed E-state index contributed by atoms with van der Waals surface area (Å²) in [5.41, 5.74) is 1.51. The van der Waals surface area contributed by atoms with Crippen LogP contribution in [0.1, 0.15) is 48.7 Å². The third kappa shape index (κ3) is 2.61. The van der Waals surface area contributed by atoms with E-state index in [9.17, 15) is 4.79 Å². The van der Waals surface area contributed by atoms with Crippen molar-refractivity contribution in [1.29, 1.82) is 0 Å². The van der Waals surface area contributed by atoms with Crippen LogP contribution >= 0.6 is 0 Å². The fraction of sp³-hybridized carbons (Fsp3) is 0.600. The van der Waals surface area contributed by atoms with Crippen LogP contribution in [-0.2, 0) is 0 Å². The second-order valence-corrected chi connectivity index (χ2v) is 5.33. The second kappa shape index (κ2) is 5.61. The number of hydrogen-bond acceptors (Lipinski definition) is 3. The normalized spacial score (nSPS) is 23.9. The molecule has 3 nitrogen and oxygen atoms in total. The summed E-state index contributed by atoms with van der Waals surface area (Å²) in [5, 5.41) is 3.38. The molecule has 1 saturated heterocycles. The Morgan fingerprint density at radius 3 is 2.89 bits per heavy atom. The number of piperidine rings is 1. The predicted molar refractivity (Wildman–Crippen MR) is 72.7 cm³/mol. The van der Waals surface area contributed by atoms with Crippen molar-refractivity contribution in [3.8, 4) is 0 Å². The zero-order valence-corrected chi connectivity index (χ0v) is 11.3. The average molecular weight is 246 g/mol. The molecule has 2 heterocycles. The number of carbonyl (C=O) groups is 1. The molecule has 0 spiro atoms. The zero-order valence-electron chi connectivity index (χ0n) is 11.3. The Labute approximate surface area is 109 Å². The number of aromatic nitrogens is 1. The molecule has 0 aromatic carbocycles. The third-order valence-electron chi connectivity index (χ3n) is 3.86. The maximum absolute atomic E-state index is 12.7. The van der Waals surface area contributed by atoms with Gasteiger partial charge >= 0.3 is 0 Å². The van der Waals surface area contributed by atoms with Gasteiger partial charge in [0.25, 0.3) is 0 Å². The first-order valence-corrected chi connectivity index (χ1v) is 6.86. The molecule has 1 aliphatic rings. The minimum atomic E-state index is -0.204. The summed E-state index contributed by atoms with van der Waals surface area (Å²) in [4.78, 5) is 17.0. The SMILES string of the molecule is CCCC1(C(=O)c2ccc(C)nc2)CCCNC1. The number of nitrogens with zero attached hydrogens (tertiary/aromatic N) is 1. The van der Waals surface area contributed by atoms with Gasteiger partial charge in [0.1, 0.15) is 0 Å². The number of aryl methyl sites for hydroxylation is 1. The van der Waals surface area contributed by atoms with Crippen LogP contribution in [0.3, 0.4) is 0 Å². The number of hydrogen-bond donors (Lipinski definition) is 1. The van der Waals surface area contributed by atoms with Crippen molar-refractivity contribution in [3.63, 3.8) is 0 Å². The molecule has 3 heteroatoms. The number of rotatable bonds is 4. The molecule has 98 valence electrons. The van der Waals surface area contributed by atoms with Gasteiger partial charge in [-0.15, -0.1) is 0 Å². The molecule has 0 aliphatic carbocycles. The lowest BCUT2D eigenvalue weighted by molar-refractivity contribution is 0.0717. The van der Waals surface area contributed by atoms with Gasteiger partial charge in [-0.05, 0) is 44.9 Å². The van der Waals surface area contributed by atoms with Gasteiger partial charge in [-0.25, -0.2) is 0 Å². The van der Waals surface area contributed by atoms with E-state index >= 15 is 0 Å². The van der Waals surface area contributed by atoms with Gasteiger partial charge in [-0.1, -0.05) is 13.3 Å². The molecule has 1 fully saturated rings. The van der Waals surface area contributed by atoms with Crippen LogP contribution in [0.15, 0.2) is 18.3 Å². The Balaban J connectivity index is 2.24. The van der Waals surface area contributed by atoms with Crippen molar-refractivity contribution >= 4 is 5.78 Å². The Hall–Kier alpha value is -1.22. The standard InChI is InChI=1S/C15H22N2O/c1-3-7-15(8-4-9-16-11-15)14(18)13-6-5-12(2)17-10-13/h5-6,10,16H,3-4,7-9,11H2,1-2H3. The molecule has 1 N–H and O–H groups in total. The first-order valence-electron chi connectivity index (χ1n) is 6.86. The number of Topliss-reactive ketones (excluding diaryl/α,β-unsaturated/α-hetero) is 1. The predicted octanol–water partition coefficient (Wildman–Crippen LogP) is 2.74. The summed E-state index contributed by atoms with van der Waals surface area (Å²) in [6.07, 6.45) is 5.83. The van der Waals surface area contributed by atoms with E-state index in [1.807, 2.05) is 19.1 Å². The van der Waals surface area contributed by atoms with E-state index in [1.165, 1.54) is 0 Å². The molecule has 18 heavy (non-hydrogen) atoms. The van der Waals surface area contributed by atoms with Crippen LogP contribution in [0.4, 0.5) is 0 Å². The highest BCUT2D eigenvalue weighted by molar-refractivity contribution is 6.00. The van der Waals surface area contributed by atoms with E-state index in [-0.39, 0.29) is 11.2 Å². The van der Waals surface area contributed by atoms with Crippen molar-refractivity contribution in [2.24, 2.45) is 5.41 Å². The van der Waals surface area contributed by atoms with Crippen molar-refractivity contribution in [2.75, 3.05) is 13.1 Å². The van der Waals surface area contributed by atoms with Gasteiger partial charge in [-0.3, -0.25) is 9.78 Å². The van der Waals surface area contributed by atoms with Crippen LogP contribution in [-0.4, -0.2) is 23.9 Å². The smallest absolute Gasteiger partial charge is 0.171 e. The quantitative estimate of drug-likeness (QED) is 0.831. The molecule has 0 bridgehead atoms. The minimum absolute atomic E-state index is 0.204. The maximum Gasteiger partial charge on any atom is 0.171 e. The molecular formula is C15H22N2O. The lowest BCUT2D eigenvalue weighted by Crippen LogP contribution is -2.45. The highest BCUT2D eigenvalue weighted by Crippen LogP contribution is 2.35. The van der Waals surface area contributed by atoms with E-state index in [0.29, 0.717) is 0 Å². The van der Waals surface area contributed by atoms with Crippen LogP contribution in [0.5, 0.6) is 0 Å². The maximum atomic E-state index is 12.7. The van der Waals surface area contributed by atoms with Crippen LogP contribution in [0.25, 0.3) is 0 Å². The van der Waals surface area contributed by atoms with Crippen LogP contribution in [0.2, 0.25) is 0 Å². The van der Waals surface area contributed by atoms with E-state index in [2.05, 4.69) is 17.2 Å². The Kier molecular flexibility index (Phi) is 4.12. The van der Waals surface area contributed by atoms with Gasteiger partial charge in [-0.2, -0.15) is 0 Å². The number of pyridine rings is 1. The van der Waals surface area contributed by atoms with E-state index < -0.39 is 0 Å². The van der Waals surface area contributed by atoms with Gasteiger partial charge in [0.15, 0.2) is 5.78 Å². The molecular weight excluding hydrogens is 224 g/mol. The summed E-state index contributed by atoms with van der Waals surface area (Å²) < 4.78 is 0. The van der Waals surface area contributed by atoms with E-state index in [0.717, 1.165) is 50.0 Å². The summed E-state index contributed by atoms with van der Waals surface area (Å²) in [6.45, 7) is 5.94. The largest absolute Gasteiger partial charge is 0.316 e. The fourth-order valence-corrected chi connectivity index (χ4v) is 2.88. The topological polar surface area (TPSA) is 42.0 Å². The molecule has 1 unspecified atom stereocenters. The summed E-state index contributed by atoms with van der Waals surface area (Å²) in [5.74, 6) is 0.268. The lowest BCUT2D eigenvalue weighted by Gasteiger charge is -2.36. The molecule has 2 rings (SSSR count). The second-order valence-electron chi connectivity index (χ2n) is 5.33. The summed E-state index contributed by atoms with van der Waals surface area (Å²) >= 11 is 0. The van der Waals surface area contributed by atoms with Crippen molar-refractivity contribution in [3.05, 3.63) is 29.6 Å². The van der Waals surface area contributed by atoms with Crippen LogP contribution < -0.4 is 5.32 Å². The Bertz CT molecular complexity index is 399. The molecule has 0 saturated carbocycles. The first kappa shape index (κ1) is 13.2. The fourth-order valence-electron chi connectivity index (χ4n) is 2.88.